The summed E-state index contributed by atoms with van der Waals surface area (Å²) in [5.74, 6) is 0.232. The molecule has 7 heteroatoms. The van der Waals surface area contributed by atoms with Crippen molar-refractivity contribution >= 4 is 17.4 Å². The van der Waals surface area contributed by atoms with E-state index in [2.05, 4.69) is 20.6 Å². The Morgan fingerprint density at radius 1 is 1.38 bits per heavy atom. The fourth-order valence-corrected chi connectivity index (χ4v) is 2.56. The number of nitrogens with one attached hydrogen (secondary N) is 2. The van der Waals surface area contributed by atoms with Crippen molar-refractivity contribution in [1.29, 1.82) is 0 Å². The zero-order valence-electron chi connectivity index (χ0n) is 13.4. The summed E-state index contributed by atoms with van der Waals surface area (Å²) in [6.45, 7) is 3.15. The van der Waals surface area contributed by atoms with Gasteiger partial charge in [0.05, 0.1) is 6.10 Å². The Hall–Kier alpha value is -2.54. The van der Waals surface area contributed by atoms with Crippen molar-refractivity contribution in [3.8, 4) is 0 Å². The molecule has 1 aliphatic rings. The Kier molecular flexibility index (Phi) is 5.00. The summed E-state index contributed by atoms with van der Waals surface area (Å²) in [5.41, 5.74) is 0.603. The van der Waals surface area contributed by atoms with E-state index in [0.29, 0.717) is 23.9 Å². The molecule has 0 saturated carbocycles. The van der Waals surface area contributed by atoms with Crippen molar-refractivity contribution in [3.05, 3.63) is 47.7 Å². The second kappa shape index (κ2) is 7.35. The first-order valence-corrected chi connectivity index (χ1v) is 7.88. The molecule has 1 aromatic heterocycles. The Morgan fingerprint density at radius 3 is 3.00 bits per heavy atom. The molecule has 1 amide bonds. The molecule has 0 radical (unpaired) electrons. The maximum absolute atomic E-state index is 13.2. The lowest BCUT2D eigenvalue weighted by atomic mass is 10.2. The number of halogens is 1. The van der Waals surface area contributed by atoms with E-state index in [1.807, 2.05) is 0 Å². The SMILES string of the molecule is Cc1nc(NCC2CCCO2)cc(C(=O)Nc2cccc(F)c2)n1. The lowest BCUT2D eigenvalue weighted by Crippen LogP contribution is -2.20. The number of hydrogen-bond donors (Lipinski definition) is 2. The van der Waals surface area contributed by atoms with Crippen molar-refractivity contribution in [2.24, 2.45) is 0 Å². The summed E-state index contributed by atoms with van der Waals surface area (Å²) < 4.78 is 18.7. The Morgan fingerprint density at radius 2 is 2.25 bits per heavy atom. The van der Waals surface area contributed by atoms with E-state index >= 15 is 0 Å². The number of benzene rings is 1. The molecule has 0 aliphatic carbocycles. The second-order valence-corrected chi connectivity index (χ2v) is 5.67. The Bertz CT molecular complexity index is 732. The number of carbonyl (C=O) groups excluding carboxylic acids is 1. The van der Waals surface area contributed by atoms with E-state index in [9.17, 15) is 9.18 Å². The molecule has 1 aliphatic heterocycles. The molecule has 0 spiro atoms. The molecule has 1 saturated heterocycles. The minimum Gasteiger partial charge on any atom is -0.376 e. The molecule has 2 heterocycles. The molecule has 24 heavy (non-hydrogen) atoms. The first-order valence-electron chi connectivity index (χ1n) is 7.88. The molecule has 126 valence electrons. The van der Waals surface area contributed by atoms with Crippen LogP contribution in [0, 0.1) is 12.7 Å². The molecule has 0 bridgehead atoms. The molecule has 1 fully saturated rings. The molecule has 1 aromatic carbocycles. The van der Waals surface area contributed by atoms with Crippen LogP contribution in [0.25, 0.3) is 0 Å². The lowest BCUT2D eigenvalue weighted by molar-refractivity contribution is 0.102. The Balaban J connectivity index is 1.68. The van der Waals surface area contributed by atoms with Gasteiger partial charge in [-0.05, 0) is 38.0 Å². The van der Waals surface area contributed by atoms with Crippen molar-refractivity contribution in [2.75, 3.05) is 23.8 Å². The van der Waals surface area contributed by atoms with Crippen LogP contribution in [0.4, 0.5) is 15.9 Å². The van der Waals surface area contributed by atoms with Gasteiger partial charge in [0.25, 0.3) is 5.91 Å². The first-order chi connectivity index (χ1) is 11.6. The second-order valence-electron chi connectivity index (χ2n) is 5.67. The normalized spacial score (nSPS) is 16.8. The minimum atomic E-state index is -0.411. The monoisotopic (exact) mass is 330 g/mol. The smallest absolute Gasteiger partial charge is 0.274 e. The van der Waals surface area contributed by atoms with Gasteiger partial charge < -0.3 is 15.4 Å². The maximum atomic E-state index is 13.2. The highest BCUT2D eigenvalue weighted by Crippen LogP contribution is 2.15. The van der Waals surface area contributed by atoms with Crippen LogP contribution >= 0.6 is 0 Å². The molecule has 1 atom stereocenters. The largest absolute Gasteiger partial charge is 0.376 e. The molecule has 6 nitrogen and oxygen atoms in total. The van der Waals surface area contributed by atoms with Gasteiger partial charge in [0.2, 0.25) is 0 Å². The third-order valence-electron chi connectivity index (χ3n) is 3.69. The van der Waals surface area contributed by atoms with Gasteiger partial charge in [-0.1, -0.05) is 6.07 Å². The van der Waals surface area contributed by atoms with Crippen molar-refractivity contribution in [1.82, 2.24) is 9.97 Å². The van der Waals surface area contributed by atoms with Gasteiger partial charge in [0.15, 0.2) is 0 Å². The van der Waals surface area contributed by atoms with E-state index in [1.165, 1.54) is 18.2 Å². The van der Waals surface area contributed by atoms with Crippen molar-refractivity contribution < 1.29 is 13.9 Å². The molecular weight excluding hydrogens is 311 g/mol. The van der Waals surface area contributed by atoms with Crippen LogP contribution in [-0.2, 0) is 4.74 Å². The summed E-state index contributed by atoms with van der Waals surface area (Å²) in [6.07, 6.45) is 2.25. The number of aromatic nitrogens is 2. The molecule has 2 N–H and O–H groups in total. The van der Waals surface area contributed by atoms with E-state index < -0.39 is 11.7 Å². The van der Waals surface area contributed by atoms with Crippen LogP contribution in [-0.4, -0.2) is 35.1 Å². The number of hydrogen-bond acceptors (Lipinski definition) is 5. The quantitative estimate of drug-likeness (QED) is 0.881. The van der Waals surface area contributed by atoms with Gasteiger partial charge in [0, 0.05) is 24.9 Å². The third-order valence-corrected chi connectivity index (χ3v) is 3.69. The van der Waals surface area contributed by atoms with E-state index in [-0.39, 0.29) is 11.8 Å². The zero-order valence-corrected chi connectivity index (χ0v) is 13.4. The highest BCUT2D eigenvalue weighted by molar-refractivity contribution is 6.03. The zero-order chi connectivity index (χ0) is 16.9. The fraction of sp³-hybridized carbons (Fsp3) is 0.353. The number of anilines is 2. The van der Waals surface area contributed by atoms with Gasteiger partial charge in [-0.25, -0.2) is 14.4 Å². The maximum Gasteiger partial charge on any atom is 0.274 e. The van der Waals surface area contributed by atoms with E-state index in [4.69, 9.17) is 4.74 Å². The van der Waals surface area contributed by atoms with Gasteiger partial charge in [0.1, 0.15) is 23.2 Å². The van der Waals surface area contributed by atoms with E-state index in [0.717, 1.165) is 19.4 Å². The molecule has 2 aromatic rings. The highest BCUT2D eigenvalue weighted by Gasteiger charge is 2.16. The third kappa shape index (κ3) is 4.26. The number of ether oxygens (including phenoxy) is 1. The van der Waals surface area contributed by atoms with E-state index in [1.54, 1.807) is 19.1 Å². The number of carbonyl (C=O) groups is 1. The molecule has 3 rings (SSSR count). The van der Waals surface area contributed by atoms with Gasteiger partial charge >= 0.3 is 0 Å². The Labute approximate surface area is 139 Å². The standard InChI is InChI=1S/C17H19FN4O2/c1-11-20-15(17(23)22-13-5-2-4-12(18)8-13)9-16(21-11)19-10-14-6-3-7-24-14/h2,4-5,8-9,14H,3,6-7,10H2,1H3,(H,22,23)(H,19,20,21). The van der Waals surface area contributed by atoms with Crippen LogP contribution in [0.2, 0.25) is 0 Å². The average Bonchev–Trinajstić information content (AvgIpc) is 3.06. The molecule has 1 unspecified atom stereocenters. The topological polar surface area (TPSA) is 76.1 Å². The van der Waals surface area contributed by atoms with Gasteiger partial charge in [-0.3, -0.25) is 4.79 Å². The molecular formula is C17H19FN4O2. The van der Waals surface area contributed by atoms with Gasteiger partial charge in [-0.15, -0.1) is 0 Å². The summed E-state index contributed by atoms with van der Waals surface area (Å²) >= 11 is 0. The first kappa shape index (κ1) is 16.3. The predicted octanol–water partition coefficient (Wildman–Crippen LogP) is 2.77. The van der Waals surface area contributed by atoms with Gasteiger partial charge in [-0.2, -0.15) is 0 Å². The summed E-state index contributed by atoms with van der Waals surface area (Å²) in [7, 11) is 0. The number of rotatable bonds is 5. The summed E-state index contributed by atoms with van der Waals surface area (Å²) in [5, 5.41) is 5.81. The van der Waals surface area contributed by atoms with Crippen LogP contribution in [0.15, 0.2) is 30.3 Å². The fourth-order valence-electron chi connectivity index (χ4n) is 2.56. The predicted molar refractivity (Wildman–Crippen MR) is 88.6 cm³/mol. The van der Waals surface area contributed by atoms with Crippen molar-refractivity contribution in [3.63, 3.8) is 0 Å². The average molecular weight is 330 g/mol. The highest BCUT2D eigenvalue weighted by atomic mass is 19.1. The number of nitrogens with zero attached hydrogens (tertiary/aromatic N) is 2. The van der Waals surface area contributed by atoms with Crippen molar-refractivity contribution in [2.45, 2.75) is 25.9 Å². The van der Waals surface area contributed by atoms with Crippen LogP contribution < -0.4 is 10.6 Å². The van der Waals surface area contributed by atoms with Crippen LogP contribution in [0.3, 0.4) is 0 Å². The summed E-state index contributed by atoms with van der Waals surface area (Å²) in [6, 6.07) is 7.30. The summed E-state index contributed by atoms with van der Waals surface area (Å²) in [4.78, 5) is 20.7. The minimum absolute atomic E-state index is 0.171. The van der Waals surface area contributed by atoms with Crippen LogP contribution in [0.1, 0.15) is 29.2 Å². The lowest BCUT2D eigenvalue weighted by Gasteiger charge is -2.12. The number of amides is 1. The number of aryl methyl sites for hydroxylation is 1. The van der Waals surface area contributed by atoms with Crippen LogP contribution in [0.5, 0.6) is 0 Å².